The highest BCUT2D eigenvalue weighted by Crippen LogP contribution is 2.23. The molecule has 0 bridgehead atoms. The molecule has 0 saturated heterocycles. The number of thioether (sulfide) groups is 1. The second-order valence-corrected chi connectivity index (χ2v) is 6.44. The summed E-state index contributed by atoms with van der Waals surface area (Å²) in [6.45, 7) is 6.58. The van der Waals surface area contributed by atoms with E-state index in [1.54, 1.807) is 0 Å². The van der Waals surface area contributed by atoms with Crippen LogP contribution in [-0.4, -0.2) is 21.1 Å². The van der Waals surface area contributed by atoms with Gasteiger partial charge in [-0.1, -0.05) is 13.0 Å². The van der Waals surface area contributed by atoms with Gasteiger partial charge in [0.1, 0.15) is 0 Å². The van der Waals surface area contributed by atoms with Gasteiger partial charge in [-0.05, 0) is 61.7 Å². The number of hydrogen-bond acceptors (Lipinski definition) is 2. The molecular formula is C14H20N2S2. The third-order valence-corrected chi connectivity index (χ3v) is 4.43. The van der Waals surface area contributed by atoms with Gasteiger partial charge < -0.3 is 9.55 Å². The Bertz CT molecular complexity index is 583. The topological polar surface area (TPSA) is 20.7 Å². The Morgan fingerprint density at radius 3 is 2.94 bits per heavy atom. The molecule has 1 atom stereocenters. The second-order valence-electron chi connectivity index (χ2n) is 4.66. The molecule has 2 aromatic rings. The van der Waals surface area contributed by atoms with Crippen LogP contribution in [0.1, 0.15) is 31.9 Å². The number of aryl methyl sites for hydroxylation is 1. The predicted octanol–water partition coefficient (Wildman–Crippen LogP) is 4.71. The van der Waals surface area contributed by atoms with Crippen LogP contribution in [0.5, 0.6) is 0 Å². The minimum absolute atomic E-state index is 0.451. The van der Waals surface area contributed by atoms with Gasteiger partial charge in [0, 0.05) is 6.04 Å². The lowest BCUT2D eigenvalue weighted by Gasteiger charge is -2.14. The fraction of sp³-hybridized carbons (Fsp3) is 0.500. The van der Waals surface area contributed by atoms with Crippen molar-refractivity contribution in [1.82, 2.24) is 9.55 Å². The second kappa shape index (κ2) is 5.93. The van der Waals surface area contributed by atoms with Gasteiger partial charge in [0.05, 0.1) is 11.0 Å². The van der Waals surface area contributed by atoms with Crippen LogP contribution in [-0.2, 0) is 0 Å². The summed E-state index contributed by atoms with van der Waals surface area (Å²) in [5, 5.41) is 0. The third-order valence-electron chi connectivity index (χ3n) is 3.20. The monoisotopic (exact) mass is 280 g/mol. The van der Waals surface area contributed by atoms with Crippen LogP contribution in [0.15, 0.2) is 18.2 Å². The van der Waals surface area contributed by atoms with E-state index >= 15 is 0 Å². The largest absolute Gasteiger partial charge is 0.331 e. The Morgan fingerprint density at radius 1 is 1.44 bits per heavy atom. The molecule has 1 aromatic heterocycles. The molecule has 0 saturated carbocycles. The van der Waals surface area contributed by atoms with E-state index in [-0.39, 0.29) is 0 Å². The summed E-state index contributed by atoms with van der Waals surface area (Å²) in [7, 11) is 0. The van der Waals surface area contributed by atoms with E-state index in [1.165, 1.54) is 22.6 Å². The van der Waals surface area contributed by atoms with Gasteiger partial charge in [0.25, 0.3) is 0 Å². The maximum Gasteiger partial charge on any atom is 0.178 e. The number of H-pyrrole nitrogens is 1. The molecule has 1 aromatic carbocycles. The lowest BCUT2D eigenvalue weighted by Crippen LogP contribution is -2.06. The molecule has 2 nitrogen and oxygen atoms in total. The summed E-state index contributed by atoms with van der Waals surface area (Å²) in [4.78, 5) is 3.30. The molecule has 0 aliphatic carbocycles. The minimum Gasteiger partial charge on any atom is -0.331 e. The van der Waals surface area contributed by atoms with Crippen molar-refractivity contribution in [1.29, 1.82) is 0 Å². The van der Waals surface area contributed by atoms with Crippen molar-refractivity contribution in [3.63, 3.8) is 0 Å². The first-order valence-corrected chi connectivity index (χ1v) is 7.98. The van der Waals surface area contributed by atoms with Crippen LogP contribution < -0.4 is 0 Å². The molecule has 0 fully saturated rings. The van der Waals surface area contributed by atoms with Gasteiger partial charge in [-0.2, -0.15) is 11.8 Å². The molecule has 2 rings (SSSR count). The van der Waals surface area contributed by atoms with Crippen molar-refractivity contribution >= 4 is 35.0 Å². The average Bonchev–Trinajstić information content (AvgIpc) is 2.64. The van der Waals surface area contributed by atoms with Gasteiger partial charge in [-0.15, -0.1) is 0 Å². The number of aromatic nitrogens is 2. The summed E-state index contributed by atoms with van der Waals surface area (Å²) < 4.78 is 3.10. The Balaban J connectivity index is 2.34. The minimum atomic E-state index is 0.451. The number of rotatable bonds is 5. The molecule has 0 amide bonds. The first-order valence-electron chi connectivity index (χ1n) is 6.42. The molecule has 0 aliphatic heterocycles. The van der Waals surface area contributed by atoms with E-state index in [0.29, 0.717) is 6.04 Å². The Kier molecular flexibility index (Phi) is 4.51. The van der Waals surface area contributed by atoms with E-state index in [1.807, 2.05) is 11.8 Å². The highest BCUT2D eigenvalue weighted by Gasteiger charge is 2.10. The van der Waals surface area contributed by atoms with E-state index in [0.717, 1.165) is 16.7 Å². The Hall–Kier alpha value is -0.740. The summed E-state index contributed by atoms with van der Waals surface area (Å²) in [5.74, 6) is 2.38. The molecule has 1 heterocycles. The zero-order valence-electron chi connectivity index (χ0n) is 11.2. The smallest absolute Gasteiger partial charge is 0.178 e. The number of nitrogens with zero attached hydrogens (tertiary/aromatic N) is 1. The molecule has 1 unspecified atom stereocenters. The maximum absolute atomic E-state index is 5.45. The number of benzene rings is 1. The lowest BCUT2D eigenvalue weighted by molar-refractivity contribution is 0.543. The number of nitrogens with one attached hydrogen (secondary N) is 1. The third kappa shape index (κ3) is 2.81. The molecule has 0 spiro atoms. The van der Waals surface area contributed by atoms with Crippen LogP contribution >= 0.6 is 24.0 Å². The van der Waals surface area contributed by atoms with Crippen molar-refractivity contribution in [3.8, 4) is 0 Å². The predicted molar refractivity (Wildman–Crippen MR) is 84.2 cm³/mol. The number of imidazole rings is 1. The van der Waals surface area contributed by atoms with E-state index in [4.69, 9.17) is 12.2 Å². The zero-order chi connectivity index (χ0) is 13.1. The van der Waals surface area contributed by atoms with Gasteiger partial charge in [0.15, 0.2) is 4.77 Å². The van der Waals surface area contributed by atoms with E-state index in [2.05, 4.69) is 48.5 Å². The fourth-order valence-corrected chi connectivity index (χ4v) is 3.38. The highest BCUT2D eigenvalue weighted by molar-refractivity contribution is 7.99. The summed E-state index contributed by atoms with van der Waals surface area (Å²) in [6.07, 6.45) is 1.16. The molecular weight excluding hydrogens is 260 g/mol. The summed E-state index contributed by atoms with van der Waals surface area (Å²) in [6, 6.07) is 6.90. The van der Waals surface area contributed by atoms with Crippen molar-refractivity contribution in [2.75, 3.05) is 11.5 Å². The molecule has 0 aliphatic rings. The molecule has 1 N–H and O–H groups in total. The van der Waals surface area contributed by atoms with E-state index < -0.39 is 0 Å². The van der Waals surface area contributed by atoms with Gasteiger partial charge >= 0.3 is 0 Å². The zero-order valence-corrected chi connectivity index (χ0v) is 12.8. The molecule has 0 radical (unpaired) electrons. The normalized spacial score (nSPS) is 13.1. The van der Waals surface area contributed by atoms with Crippen LogP contribution in [0.25, 0.3) is 11.0 Å². The average molecular weight is 280 g/mol. The van der Waals surface area contributed by atoms with Crippen LogP contribution in [0.4, 0.5) is 0 Å². The molecule has 4 heteroatoms. The van der Waals surface area contributed by atoms with Crippen LogP contribution in [0.3, 0.4) is 0 Å². The standard InChI is InChI=1S/C14H20N2S2/c1-4-18-8-7-11(3)16-13-9-10(2)5-6-12(13)15-14(16)17/h5-6,9,11H,4,7-8H2,1-3H3,(H,15,17). The molecule has 18 heavy (non-hydrogen) atoms. The Labute approximate surface area is 118 Å². The number of fused-ring (bicyclic) bond motifs is 1. The van der Waals surface area contributed by atoms with Crippen LogP contribution in [0.2, 0.25) is 0 Å². The van der Waals surface area contributed by atoms with Crippen molar-refractivity contribution < 1.29 is 0 Å². The van der Waals surface area contributed by atoms with E-state index in [9.17, 15) is 0 Å². The summed E-state index contributed by atoms with van der Waals surface area (Å²) in [5.41, 5.74) is 3.65. The first-order chi connectivity index (χ1) is 8.63. The van der Waals surface area contributed by atoms with Crippen molar-refractivity contribution in [2.45, 2.75) is 33.2 Å². The van der Waals surface area contributed by atoms with Crippen molar-refractivity contribution in [3.05, 3.63) is 28.5 Å². The van der Waals surface area contributed by atoms with Crippen LogP contribution in [0, 0.1) is 11.7 Å². The summed E-state index contributed by atoms with van der Waals surface area (Å²) >= 11 is 7.44. The van der Waals surface area contributed by atoms with Gasteiger partial charge in [-0.3, -0.25) is 0 Å². The highest BCUT2D eigenvalue weighted by atomic mass is 32.2. The first kappa shape index (κ1) is 13.7. The lowest BCUT2D eigenvalue weighted by atomic mass is 10.2. The van der Waals surface area contributed by atoms with Gasteiger partial charge in [-0.25, -0.2) is 0 Å². The number of hydrogen-bond donors (Lipinski definition) is 1. The quantitative estimate of drug-likeness (QED) is 0.632. The molecule has 98 valence electrons. The Morgan fingerprint density at radius 2 is 2.22 bits per heavy atom. The fourth-order valence-electron chi connectivity index (χ4n) is 2.20. The SMILES string of the molecule is CCSCCC(C)n1c(=S)[nH]c2ccc(C)cc21. The maximum atomic E-state index is 5.45. The number of aromatic amines is 1. The van der Waals surface area contributed by atoms with Crippen molar-refractivity contribution in [2.24, 2.45) is 0 Å². The van der Waals surface area contributed by atoms with Gasteiger partial charge in [0.2, 0.25) is 0 Å².